The Morgan fingerprint density at radius 1 is 0.684 bits per heavy atom. The van der Waals surface area contributed by atoms with Gasteiger partial charge in [-0.1, -0.05) is 65.0 Å². The van der Waals surface area contributed by atoms with Crippen LogP contribution in [0.2, 0.25) is 0 Å². The van der Waals surface area contributed by atoms with Crippen molar-refractivity contribution in [2.45, 2.75) is 122 Å². The van der Waals surface area contributed by atoms with Crippen LogP contribution in [0.3, 0.4) is 0 Å². The molecular weight excluding hydrogens is 745 g/mol. The van der Waals surface area contributed by atoms with Gasteiger partial charge in [0, 0.05) is 18.8 Å². The van der Waals surface area contributed by atoms with Gasteiger partial charge >= 0.3 is 11.9 Å². The first kappa shape index (κ1) is 49.5. The number of carboxylic acids is 2. The van der Waals surface area contributed by atoms with Crippen molar-refractivity contribution in [3.63, 3.8) is 0 Å². The Morgan fingerprint density at radius 2 is 1.25 bits per heavy atom. The normalized spacial score (nSPS) is 15.3. The molecule has 8 atom stereocenters. The van der Waals surface area contributed by atoms with Crippen LogP contribution in [0.4, 0.5) is 4.79 Å². The summed E-state index contributed by atoms with van der Waals surface area (Å²) in [5.41, 5.74) is 5.94. The number of aliphatic hydroxyl groups is 1. The monoisotopic (exact) mass is 801 g/mol. The van der Waals surface area contributed by atoms with Gasteiger partial charge in [0.1, 0.15) is 30.2 Å². The molecule has 0 aliphatic heterocycles. The number of aliphatic carboxylic acids is 2. The third-order valence-corrected chi connectivity index (χ3v) is 8.77. The van der Waals surface area contributed by atoms with E-state index in [9.17, 15) is 58.5 Å². The highest BCUT2D eigenvalue weighted by Crippen LogP contribution is 2.17. The predicted octanol–water partition coefficient (Wildman–Crippen LogP) is -1.17. The molecular formula is C37H56BN7O12. The lowest BCUT2D eigenvalue weighted by atomic mass is 9.92. The van der Waals surface area contributed by atoms with E-state index in [1.54, 1.807) is 44.2 Å². The van der Waals surface area contributed by atoms with Crippen molar-refractivity contribution in [3.05, 3.63) is 35.9 Å². The number of hydrogen-bond donors (Lipinski definition) is 10. The largest absolute Gasteiger partial charge is 0.481 e. The average Bonchev–Trinajstić information content (AvgIpc) is 3.10. The summed E-state index contributed by atoms with van der Waals surface area (Å²) in [6.07, 6.45) is -3.02. The Bertz CT molecular complexity index is 1580. The Kier molecular flexibility index (Phi) is 21.0. The van der Waals surface area contributed by atoms with Crippen molar-refractivity contribution in [1.82, 2.24) is 31.9 Å². The lowest BCUT2D eigenvalue weighted by molar-refractivity contribution is -0.143. The lowest BCUT2D eigenvalue weighted by Gasteiger charge is -2.30. The van der Waals surface area contributed by atoms with Crippen LogP contribution in [0.25, 0.3) is 0 Å². The Balaban J connectivity index is 3.03. The zero-order chi connectivity index (χ0) is 43.6. The third-order valence-electron chi connectivity index (χ3n) is 8.77. The molecule has 0 spiro atoms. The second-order valence-corrected chi connectivity index (χ2v) is 14.7. The van der Waals surface area contributed by atoms with E-state index < -0.39 is 120 Å². The predicted molar refractivity (Wildman–Crippen MR) is 206 cm³/mol. The highest BCUT2D eigenvalue weighted by Gasteiger charge is 2.34. The van der Waals surface area contributed by atoms with Crippen LogP contribution >= 0.6 is 0 Å². The highest BCUT2D eigenvalue weighted by atomic mass is 16.4. The summed E-state index contributed by atoms with van der Waals surface area (Å²) in [5, 5.41) is 44.6. The number of carbonyl (C=O) groups is 9. The molecule has 0 saturated carbocycles. The van der Waals surface area contributed by atoms with Crippen LogP contribution in [0.5, 0.6) is 0 Å². The van der Waals surface area contributed by atoms with E-state index in [0.717, 1.165) is 0 Å². The SMILES string of the molecule is [B]C(=O)NC(C(=O)NC(CC(N)=O)C(=O)NC(CC(C)C)C(O)CC(C)C(=O)NC(C)C(=O)NC(CCC(=O)O)C(=O)NC(Cc1ccccc1)C(=O)O)C(C)C. The van der Waals surface area contributed by atoms with Gasteiger partial charge in [-0.2, -0.15) is 0 Å². The van der Waals surface area contributed by atoms with E-state index in [2.05, 4.69) is 31.9 Å². The van der Waals surface area contributed by atoms with Gasteiger partial charge in [-0.05, 0) is 43.6 Å². The molecule has 0 heterocycles. The van der Waals surface area contributed by atoms with Gasteiger partial charge in [0.15, 0.2) is 5.81 Å². The molecule has 57 heavy (non-hydrogen) atoms. The van der Waals surface area contributed by atoms with Crippen molar-refractivity contribution in [2.24, 2.45) is 23.5 Å². The highest BCUT2D eigenvalue weighted by molar-refractivity contribution is 6.57. The van der Waals surface area contributed by atoms with Gasteiger partial charge in [0.2, 0.25) is 43.3 Å². The Hall–Kier alpha value is -5.53. The minimum atomic E-state index is -1.49. The number of nitrogens with two attached hydrogens (primary N) is 1. The molecule has 314 valence electrons. The van der Waals surface area contributed by atoms with Crippen LogP contribution in [0, 0.1) is 17.8 Å². The zero-order valence-corrected chi connectivity index (χ0v) is 33.1. The molecule has 1 aromatic rings. The quantitative estimate of drug-likeness (QED) is 0.0524. The molecule has 0 aromatic heterocycles. The summed E-state index contributed by atoms with van der Waals surface area (Å²) < 4.78 is 0. The third kappa shape index (κ3) is 18.8. The second-order valence-electron chi connectivity index (χ2n) is 14.7. The van der Waals surface area contributed by atoms with Gasteiger partial charge in [0.05, 0.1) is 18.6 Å². The molecule has 8 unspecified atom stereocenters. The number of amides is 7. The molecule has 0 saturated heterocycles. The van der Waals surface area contributed by atoms with Crippen molar-refractivity contribution in [1.29, 1.82) is 0 Å². The molecule has 11 N–H and O–H groups in total. The number of benzene rings is 1. The van der Waals surface area contributed by atoms with Gasteiger partial charge < -0.3 is 53.0 Å². The fourth-order valence-corrected chi connectivity index (χ4v) is 5.67. The molecule has 0 aliphatic carbocycles. The smallest absolute Gasteiger partial charge is 0.326 e. The van der Waals surface area contributed by atoms with Crippen LogP contribution < -0.4 is 37.6 Å². The van der Waals surface area contributed by atoms with Crippen LogP contribution in [0.1, 0.15) is 79.2 Å². The van der Waals surface area contributed by atoms with Crippen LogP contribution in [-0.2, 0) is 44.8 Å². The van der Waals surface area contributed by atoms with E-state index >= 15 is 0 Å². The molecule has 20 heteroatoms. The van der Waals surface area contributed by atoms with E-state index in [0.29, 0.717) is 5.56 Å². The summed E-state index contributed by atoms with van der Waals surface area (Å²) in [4.78, 5) is 112. The first-order valence-corrected chi connectivity index (χ1v) is 18.5. The van der Waals surface area contributed by atoms with Crippen LogP contribution in [-0.4, -0.2) is 119 Å². The van der Waals surface area contributed by atoms with E-state index in [4.69, 9.17) is 13.6 Å². The lowest BCUT2D eigenvalue weighted by Crippen LogP contribution is -2.58. The summed E-state index contributed by atoms with van der Waals surface area (Å²) >= 11 is 0. The molecule has 7 amide bonds. The summed E-state index contributed by atoms with van der Waals surface area (Å²) in [6, 6.07) is 0.673. The van der Waals surface area contributed by atoms with E-state index in [-0.39, 0.29) is 31.6 Å². The molecule has 1 aromatic carbocycles. The zero-order valence-electron chi connectivity index (χ0n) is 33.1. The number of nitrogens with one attached hydrogen (secondary N) is 6. The fraction of sp³-hybridized carbons (Fsp3) is 0.595. The average molecular weight is 802 g/mol. The van der Waals surface area contributed by atoms with Crippen molar-refractivity contribution in [2.75, 3.05) is 0 Å². The second kappa shape index (κ2) is 24.2. The molecule has 19 nitrogen and oxygen atoms in total. The maximum Gasteiger partial charge on any atom is 0.326 e. The Morgan fingerprint density at radius 3 is 1.75 bits per heavy atom. The molecule has 0 bridgehead atoms. The molecule has 1 rings (SSSR count). The van der Waals surface area contributed by atoms with Crippen molar-refractivity contribution in [3.8, 4) is 0 Å². The number of aliphatic hydroxyl groups excluding tert-OH is 1. The maximum atomic E-state index is 13.4. The Labute approximate surface area is 332 Å². The van der Waals surface area contributed by atoms with Gasteiger partial charge in [0.25, 0.3) is 0 Å². The molecule has 0 fully saturated rings. The molecule has 0 aliphatic rings. The van der Waals surface area contributed by atoms with Crippen molar-refractivity contribution >= 4 is 61.0 Å². The maximum absolute atomic E-state index is 13.4. The first-order valence-electron chi connectivity index (χ1n) is 18.5. The first-order chi connectivity index (χ1) is 26.5. The van der Waals surface area contributed by atoms with Crippen LogP contribution in [0.15, 0.2) is 30.3 Å². The van der Waals surface area contributed by atoms with Gasteiger partial charge in [-0.15, -0.1) is 0 Å². The summed E-state index contributed by atoms with van der Waals surface area (Å²) in [7, 11) is 5.17. The summed E-state index contributed by atoms with van der Waals surface area (Å²) in [6.45, 7) is 9.61. The van der Waals surface area contributed by atoms with Crippen molar-refractivity contribution < 1.29 is 58.5 Å². The van der Waals surface area contributed by atoms with Gasteiger partial charge in [-0.3, -0.25) is 38.4 Å². The topological polar surface area (TPSA) is 313 Å². The standard InChI is InChI=1S/C37H56BN7O12/c1-18(2)14-24(42-34(53)25(17-28(39)47)43-35(54)30(19(3)4)45-37(38)57)27(46)15-20(5)31(50)40-21(6)32(51)41-23(12-13-29(48)49)33(52)44-26(36(55)56)16-22-10-8-7-9-11-22/h7-11,18-21,23-27,30,46H,12-17H2,1-6H3,(H2,39,47)(H,40,50)(H,41,51)(H,42,53)(H,43,54)(H,44,52)(H,45,57)(H,48,49)(H,55,56). The molecule has 2 radical (unpaired) electrons. The number of rotatable bonds is 25. The van der Waals surface area contributed by atoms with E-state index in [1.807, 2.05) is 13.8 Å². The number of carbonyl (C=O) groups excluding carboxylic acids is 7. The minimum absolute atomic E-state index is 0.0845. The minimum Gasteiger partial charge on any atom is -0.481 e. The number of carboxylic acid groups (broad SMARTS) is 2. The van der Waals surface area contributed by atoms with E-state index in [1.165, 1.54) is 13.8 Å². The fourth-order valence-electron chi connectivity index (χ4n) is 5.67. The summed E-state index contributed by atoms with van der Waals surface area (Å²) in [5.74, 6) is -10.2. The van der Waals surface area contributed by atoms with Gasteiger partial charge in [-0.25, -0.2) is 4.79 Å². The number of primary amides is 1. The number of hydrogen-bond acceptors (Lipinski definition) is 10.